The van der Waals surface area contributed by atoms with Crippen LogP contribution in [-0.2, 0) is 0 Å². The van der Waals surface area contributed by atoms with Crippen molar-refractivity contribution < 1.29 is 0 Å². The van der Waals surface area contributed by atoms with Crippen LogP contribution in [0.4, 0.5) is 0 Å². The average Bonchev–Trinajstić information content (AvgIpc) is 3.87. The van der Waals surface area contributed by atoms with Crippen LogP contribution in [0.25, 0.3) is 144 Å². The Labute approximate surface area is 390 Å². The van der Waals surface area contributed by atoms with Crippen molar-refractivity contribution in [2.45, 2.75) is 0 Å². The minimum absolute atomic E-state index is 0.623. The SMILES string of the molecule is c1ccc2c(c1)-c1ccccc1-n1c3cc4c5ccccc5n(-c5ccc(-c6nc(-c7cccc8ccccc78)nc(-c7cc8ccccc8c8ccccc78)n6)cc5)c4cc3c3cccc-2c31. The zero-order valence-electron chi connectivity index (χ0n) is 36.6. The number of benzene rings is 11. The van der Waals surface area contributed by atoms with Crippen molar-refractivity contribution >= 4 is 75.9 Å². The number of nitrogens with zero attached hydrogens (tertiary/aromatic N) is 5. The van der Waals surface area contributed by atoms with E-state index in [4.69, 9.17) is 15.0 Å². The second kappa shape index (κ2) is 14.2. The fourth-order valence-corrected chi connectivity index (χ4v) is 11.3. The molecule has 68 heavy (non-hydrogen) atoms. The molecule has 1 aliphatic rings. The molecule has 0 unspecified atom stereocenters. The van der Waals surface area contributed by atoms with E-state index in [-0.39, 0.29) is 0 Å². The van der Waals surface area contributed by atoms with Gasteiger partial charge in [-0.3, -0.25) is 0 Å². The normalized spacial score (nSPS) is 12.1. The van der Waals surface area contributed by atoms with Gasteiger partial charge in [0.1, 0.15) is 0 Å². The molecule has 11 aromatic carbocycles. The van der Waals surface area contributed by atoms with E-state index in [1.54, 1.807) is 0 Å². The van der Waals surface area contributed by atoms with Crippen LogP contribution in [0.15, 0.2) is 224 Å². The molecule has 0 atom stereocenters. The molecule has 0 amide bonds. The minimum Gasteiger partial charge on any atom is -0.309 e. The van der Waals surface area contributed by atoms with Gasteiger partial charge in [0, 0.05) is 55.0 Å². The maximum absolute atomic E-state index is 5.32. The fourth-order valence-electron chi connectivity index (χ4n) is 11.3. The van der Waals surface area contributed by atoms with E-state index in [0.29, 0.717) is 17.5 Å². The van der Waals surface area contributed by atoms with Gasteiger partial charge in [-0.2, -0.15) is 0 Å². The Kier molecular flexibility index (Phi) is 7.72. The second-order valence-electron chi connectivity index (χ2n) is 17.9. The Bertz CT molecular complexity index is 4440. The van der Waals surface area contributed by atoms with Gasteiger partial charge in [0.15, 0.2) is 17.5 Å². The Hall–Kier alpha value is -9.19. The molecule has 0 saturated carbocycles. The highest BCUT2D eigenvalue weighted by Gasteiger charge is 2.26. The van der Waals surface area contributed by atoms with Crippen molar-refractivity contribution in [1.29, 1.82) is 0 Å². The molecule has 14 aromatic rings. The third-order valence-electron chi connectivity index (χ3n) is 14.3. The minimum atomic E-state index is 0.623. The van der Waals surface area contributed by atoms with E-state index in [1.165, 1.54) is 71.3 Å². The van der Waals surface area contributed by atoms with Crippen molar-refractivity contribution in [3.05, 3.63) is 224 Å². The van der Waals surface area contributed by atoms with Gasteiger partial charge in [-0.25, -0.2) is 15.0 Å². The largest absolute Gasteiger partial charge is 0.309 e. The summed E-state index contributed by atoms with van der Waals surface area (Å²) >= 11 is 0. The predicted molar refractivity (Wildman–Crippen MR) is 282 cm³/mol. The summed E-state index contributed by atoms with van der Waals surface area (Å²) in [7, 11) is 0. The van der Waals surface area contributed by atoms with Crippen LogP contribution in [0.1, 0.15) is 0 Å². The first-order chi connectivity index (χ1) is 33.7. The van der Waals surface area contributed by atoms with E-state index >= 15 is 0 Å². The summed E-state index contributed by atoms with van der Waals surface area (Å²) in [4.78, 5) is 15.9. The molecule has 1 aliphatic heterocycles. The molecule has 4 heterocycles. The lowest BCUT2D eigenvalue weighted by atomic mass is 9.94. The van der Waals surface area contributed by atoms with Crippen molar-refractivity contribution in [3.63, 3.8) is 0 Å². The van der Waals surface area contributed by atoms with E-state index in [2.05, 4.69) is 234 Å². The lowest BCUT2D eigenvalue weighted by Crippen LogP contribution is -2.01. The van der Waals surface area contributed by atoms with E-state index in [0.717, 1.165) is 55.0 Å². The summed E-state index contributed by atoms with van der Waals surface area (Å²) in [5.41, 5.74) is 14.9. The summed E-state index contributed by atoms with van der Waals surface area (Å²) in [6, 6.07) is 81.0. The van der Waals surface area contributed by atoms with Gasteiger partial charge in [0.25, 0.3) is 0 Å². The Balaban J connectivity index is 0.937. The van der Waals surface area contributed by atoms with Gasteiger partial charge < -0.3 is 9.13 Å². The molecule has 15 rings (SSSR count). The highest BCUT2D eigenvalue weighted by atomic mass is 15.0. The van der Waals surface area contributed by atoms with Gasteiger partial charge in [0.05, 0.1) is 27.8 Å². The number of hydrogen-bond acceptors (Lipinski definition) is 3. The van der Waals surface area contributed by atoms with Gasteiger partial charge in [-0.1, -0.05) is 170 Å². The topological polar surface area (TPSA) is 48.5 Å². The molecule has 0 saturated heterocycles. The highest BCUT2D eigenvalue weighted by Crippen LogP contribution is 2.48. The van der Waals surface area contributed by atoms with E-state index in [1.807, 2.05) is 0 Å². The first kappa shape index (κ1) is 37.1. The molecule has 314 valence electrons. The standard InChI is InChI=1S/C63H37N5/c1-3-18-42-38(15-1)17-13-28-52(42)62-64-61(65-63(66-62)55-35-40-16-2-4-19-43(40)44-20-5-8-23-47(44)55)39-31-33-41(34-32-39)67-56-29-11-10-25-49(56)53-36-59-54(37-58(53)67)51-27-14-26-50-46-22-7-6-21-45(46)48-24-9-12-30-57(48)68(59)60(50)51/h1-37H. The Morgan fingerprint density at radius 3 is 1.62 bits per heavy atom. The number of para-hydroxylation sites is 3. The summed E-state index contributed by atoms with van der Waals surface area (Å²) < 4.78 is 4.92. The third-order valence-corrected chi connectivity index (χ3v) is 14.3. The van der Waals surface area contributed by atoms with Crippen LogP contribution < -0.4 is 0 Å². The average molecular weight is 864 g/mol. The molecule has 0 radical (unpaired) electrons. The molecule has 0 N–H and O–H groups in total. The van der Waals surface area contributed by atoms with Crippen molar-refractivity contribution in [3.8, 4) is 67.8 Å². The summed E-state index contributed by atoms with van der Waals surface area (Å²) in [5, 5.41) is 11.8. The molecule has 3 aromatic heterocycles. The highest BCUT2D eigenvalue weighted by molar-refractivity contribution is 6.22. The molecule has 0 spiro atoms. The van der Waals surface area contributed by atoms with Crippen LogP contribution in [0.3, 0.4) is 0 Å². The number of hydrogen-bond donors (Lipinski definition) is 0. The lowest BCUT2D eigenvalue weighted by Gasteiger charge is -2.14. The molecule has 0 aliphatic carbocycles. The molecule has 0 bridgehead atoms. The smallest absolute Gasteiger partial charge is 0.164 e. The predicted octanol–water partition coefficient (Wildman–Crippen LogP) is 16.2. The first-order valence-electron chi connectivity index (χ1n) is 23.2. The van der Waals surface area contributed by atoms with Crippen LogP contribution >= 0.6 is 0 Å². The second-order valence-corrected chi connectivity index (χ2v) is 17.9. The molecular weight excluding hydrogens is 827 g/mol. The van der Waals surface area contributed by atoms with Crippen LogP contribution in [0.5, 0.6) is 0 Å². The lowest BCUT2D eigenvalue weighted by molar-refractivity contribution is 1.08. The van der Waals surface area contributed by atoms with E-state index in [9.17, 15) is 0 Å². The van der Waals surface area contributed by atoms with Gasteiger partial charge in [0.2, 0.25) is 0 Å². The number of fused-ring (bicyclic) bond motifs is 15. The van der Waals surface area contributed by atoms with E-state index < -0.39 is 0 Å². The number of aromatic nitrogens is 5. The van der Waals surface area contributed by atoms with Crippen molar-refractivity contribution in [1.82, 2.24) is 24.1 Å². The number of rotatable bonds is 4. The molecule has 5 heteroatoms. The third kappa shape index (κ3) is 5.29. The quantitative estimate of drug-likeness (QED) is 0.166. The summed E-state index contributed by atoms with van der Waals surface area (Å²) in [6.45, 7) is 0. The maximum Gasteiger partial charge on any atom is 0.164 e. The summed E-state index contributed by atoms with van der Waals surface area (Å²) in [5.74, 6) is 1.91. The summed E-state index contributed by atoms with van der Waals surface area (Å²) in [6.07, 6.45) is 0. The van der Waals surface area contributed by atoms with Crippen LogP contribution in [0.2, 0.25) is 0 Å². The van der Waals surface area contributed by atoms with Crippen LogP contribution in [-0.4, -0.2) is 24.1 Å². The van der Waals surface area contributed by atoms with Gasteiger partial charge >= 0.3 is 0 Å². The van der Waals surface area contributed by atoms with Crippen LogP contribution in [0, 0.1) is 0 Å². The van der Waals surface area contributed by atoms with Crippen molar-refractivity contribution in [2.24, 2.45) is 0 Å². The Morgan fingerprint density at radius 1 is 0.265 bits per heavy atom. The maximum atomic E-state index is 5.32. The molecule has 5 nitrogen and oxygen atoms in total. The van der Waals surface area contributed by atoms with Crippen molar-refractivity contribution in [2.75, 3.05) is 0 Å². The zero-order chi connectivity index (χ0) is 44.5. The Morgan fingerprint density at radius 2 is 0.794 bits per heavy atom. The van der Waals surface area contributed by atoms with Gasteiger partial charge in [-0.05, 0) is 98.0 Å². The zero-order valence-corrected chi connectivity index (χ0v) is 36.6. The molecular formula is C63H37N5. The van der Waals surface area contributed by atoms with Gasteiger partial charge in [-0.15, -0.1) is 0 Å². The molecule has 0 fully saturated rings. The fraction of sp³-hybridized carbons (Fsp3) is 0. The first-order valence-corrected chi connectivity index (χ1v) is 23.2. The monoisotopic (exact) mass is 863 g/mol.